The average molecular weight is 355 g/mol. The minimum atomic E-state index is 0.609. The number of nitrogens with one attached hydrogen (secondary N) is 1. The van der Waals surface area contributed by atoms with Crippen LogP contribution in [0.15, 0.2) is 18.3 Å². The van der Waals surface area contributed by atoms with Crippen LogP contribution < -0.4 is 5.32 Å². The summed E-state index contributed by atoms with van der Waals surface area (Å²) in [5, 5.41) is 16.6. The van der Waals surface area contributed by atoms with E-state index >= 15 is 0 Å². The Morgan fingerprint density at radius 1 is 1.23 bits per heavy atom. The lowest BCUT2D eigenvalue weighted by molar-refractivity contribution is 0.164. The Labute approximate surface area is 156 Å². The van der Waals surface area contributed by atoms with Gasteiger partial charge in [0, 0.05) is 25.4 Å². The number of nitrogens with zero attached hydrogens (tertiary/aromatic N) is 5. The fourth-order valence-corrected chi connectivity index (χ4v) is 4.52. The summed E-state index contributed by atoms with van der Waals surface area (Å²) in [5.41, 5.74) is 3.52. The molecule has 0 bridgehead atoms. The van der Waals surface area contributed by atoms with Crippen molar-refractivity contribution in [1.82, 2.24) is 24.9 Å². The number of hydrogen-bond acceptors (Lipinski definition) is 5. The number of anilines is 1. The zero-order valence-corrected chi connectivity index (χ0v) is 16.2. The van der Waals surface area contributed by atoms with Crippen molar-refractivity contribution in [2.75, 3.05) is 31.5 Å². The van der Waals surface area contributed by atoms with Gasteiger partial charge in [0.05, 0.1) is 11.4 Å². The van der Waals surface area contributed by atoms with Gasteiger partial charge in [-0.2, -0.15) is 5.10 Å². The molecular formula is C20H30N6. The van der Waals surface area contributed by atoms with Gasteiger partial charge in [-0.1, -0.05) is 6.92 Å². The molecule has 2 fully saturated rings. The average Bonchev–Trinajstić information content (AvgIpc) is 3.20. The molecule has 1 aliphatic carbocycles. The van der Waals surface area contributed by atoms with E-state index in [1.54, 1.807) is 0 Å². The molecule has 1 saturated heterocycles. The molecule has 1 aliphatic heterocycles. The summed E-state index contributed by atoms with van der Waals surface area (Å²) in [7, 11) is 1.93. The zero-order chi connectivity index (χ0) is 18.1. The second kappa shape index (κ2) is 6.99. The van der Waals surface area contributed by atoms with Crippen LogP contribution in [0.4, 0.5) is 5.82 Å². The minimum absolute atomic E-state index is 0.609. The molecule has 26 heavy (non-hydrogen) atoms. The highest BCUT2D eigenvalue weighted by molar-refractivity contribution is 5.61. The van der Waals surface area contributed by atoms with Gasteiger partial charge in [0.2, 0.25) is 0 Å². The summed E-state index contributed by atoms with van der Waals surface area (Å²) < 4.78 is 1.82. The van der Waals surface area contributed by atoms with E-state index < -0.39 is 0 Å². The normalized spacial score (nSPS) is 21.9. The molecule has 6 heteroatoms. The largest absolute Gasteiger partial charge is 0.368 e. The van der Waals surface area contributed by atoms with E-state index in [2.05, 4.69) is 32.4 Å². The Balaban J connectivity index is 1.29. The third-order valence-electron chi connectivity index (χ3n) is 6.23. The van der Waals surface area contributed by atoms with Gasteiger partial charge < -0.3 is 10.2 Å². The first-order valence-corrected chi connectivity index (χ1v) is 9.90. The first-order valence-electron chi connectivity index (χ1n) is 9.90. The fraction of sp³-hybridized carbons (Fsp3) is 0.650. The Morgan fingerprint density at radius 3 is 2.65 bits per heavy atom. The maximum atomic E-state index is 4.38. The highest BCUT2D eigenvalue weighted by atomic mass is 15.3. The fourth-order valence-electron chi connectivity index (χ4n) is 4.52. The van der Waals surface area contributed by atoms with Crippen LogP contribution in [0.5, 0.6) is 0 Å². The summed E-state index contributed by atoms with van der Waals surface area (Å²) in [4.78, 5) is 2.62. The molecule has 1 spiro atoms. The maximum absolute atomic E-state index is 4.38. The Morgan fingerprint density at radius 2 is 2.04 bits per heavy atom. The van der Waals surface area contributed by atoms with E-state index in [1.807, 2.05) is 37.0 Å². The van der Waals surface area contributed by atoms with Crippen molar-refractivity contribution in [1.29, 1.82) is 0 Å². The molecule has 2 aromatic heterocycles. The number of rotatable bonds is 6. The summed E-state index contributed by atoms with van der Waals surface area (Å²) >= 11 is 0. The maximum Gasteiger partial charge on any atom is 0.148 e. The number of aryl methyl sites for hydroxylation is 2. The van der Waals surface area contributed by atoms with Gasteiger partial charge >= 0.3 is 0 Å². The van der Waals surface area contributed by atoms with Crippen molar-refractivity contribution in [3.63, 3.8) is 0 Å². The monoisotopic (exact) mass is 354 g/mol. The van der Waals surface area contributed by atoms with Crippen molar-refractivity contribution >= 4 is 5.82 Å². The van der Waals surface area contributed by atoms with Crippen LogP contribution in [0.2, 0.25) is 0 Å². The van der Waals surface area contributed by atoms with Crippen LogP contribution in [0.3, 0.4) is 0 Å². The lowest BCUT2D eigenvalue weighted by atomic mass is 9.90. The smallest absolute Gasteiger partial charge is 0.148 e. The van der Waals surface area contributed by atoms with Crippen LogP contribution in [-0.2, 0) is 7.05 Å². The summed E-state index contributed by atoms with van der Waals surface area (Å²) in [6.07, 6.45) is 7.37. The molecule has 0 radical (unpaired) electrons. The van der Waals surface area contributed by atoms with E-state index in [0.717, 1.165) is 35.2 Å². The predicted molar refractivity (Wildman–Crippen MR) is 104 cm³/mol. The van der Waals surface area contributed by atoms with E-state index in [1.165, 1.54) is 45.3 Å². The van der Waals surface area contributed by atoms with Crippen LogP contribution >= 0.6 is 0 Å². The Hall–Kier alpha value is -1.95. The Bertz CT molecular complexity index is 742. The third kappa shape index (κ3) is 3.47. The van der Waals surface area contributed by atoms with Crippen LogP contribution in [0.25, 0.3) is 11.3 Å². The van der Waals surface area contributed by atoms with Crippen molar-refractivity contribution in [3.8, 4) is 11.3 Å². The molecule has 0 aromatic carbocycles. The molecule has 140 valence electrons. The third-order valence-corrected chi connectivity index (χ3v) is 6.23. The molecule has 0 amide bonds. The van der Waals surface area contributed by atoms with Gasteiger partial charge in [-0.05, 0) is 75.7 Å². The number of aromatic nitrogens is 4. The summed E-state index contributed by atoms with van der Waals surface area (Å²) in [6, 6.07) is 4.07. The second-order valence-electron chi connectivity index (χ2n) is 8.09. The topological polar surface area (TPSA) is 58.9 Å². The molecule has 2 aliphatic rings. The predicted octanol–water partition coefficient (Wildman–Crippen LogP) is 3.11. The first-order chi connectivity index (χ1) is 12.6. The number of piperidine rings is 1. The van der Waals surface area contributed by atoms with Gasteiger partial charge in [0.1, 0.15) is 5.82 Å². The number of likely N-dealkylation sites (tertiary alicyclic amines) is 1. The summed E-state index contributed by atoms with van der Waals surface area (Å²) in [5.74, 6) is 1.68. The molecule has 2 aromatic rings. The zero-order valence-electron chi connectivity index (χ0n) is 16.2. The molecule has 1 unspecified atom stereocenters. The minimum Gasteiger partial charge on any atom is -0.368 e. The Kier molecular flexibility index (Phi) is 4.69. The SMILES string of the molecule is CCCN1CCC2(CC1)CC2CNc1ccc(-c2cn(C)nc2C)nn1. The van der Waals surface area contributed by atoms with E-state index in [9.17, 15) is 0 Å². The van der Waals surface area contributed by atoms with E-state index in [-0.39, 0.29) is 0 Å². The molecule has 1 atom stereocenters. The molecular weight excluding hydrogens is 324 g/mol. The molecule has 1 N–H and O–H groups in total. The van der Waals surface area contributed by atoms with E-state index in [4.69, 9.17) is 0 Å². The quantitative estimate of drug-likeness (QED) is 0.864. The molecule has 3 heterocycles. The second-order valence-corrected chi connectivity index (χ2v) is 8.09. The van der Waals surface area contributed by atoms with Crippen LogP contribution in [0, 0.1) is 18.3 Å². The van der Waals surface area contributed by atoms with Gasteiger partial charge in [-0.25, -0.2) is 0 Å². The van der Waals surface area contributed by atoms with Gasteiger partial charge in [-0.3, -0.25) is 4.68 Å². The standard InChI is InChI=1S/C20H30N6/c1-4-9-26-10-7-20(8-11-26)12-16(20)13-21-19-6-5-18(22-23-19)17-14-25(3)24-15(17)2/h5-6,14,16H,4,7-13H2,1-3H3,(H,21,23). The molecule has 1 saturated carbocycles. The molecule has 6 nitrogen and oxygen atoms in total. The summed E-state index contributed by atoms with van der Waals surface area (Å²) in [6.45, 7) is 9.12. The van der Waals surface area contributed by atoms with E-state index in [0.29, 0.717) is 5.41 Å². The highest BCUT2D eigenvalue weighted by Crippen LogP contribution is 2.59. The van der Waals surface area contributed by atoms with Crippen molar-refractivity contribution in [3.05, 3.63) is 24.0 Å². The van der Waals surface area contributed by atoms with Crippen molar-refractivity contribution in [2.24, 2.45) is 18.4 Å². The van der Waals surface area contributed by atoms with Crippen LogP contribution in [-0.4, -0.2) is 51.1 Å². The van der Waals surface area contributed by atoms with Gasteiger partial charge in [-0.15, -0.1) is 10.2 Å². The number of hydrogen-bond donors (Lipinski definition) is 1. The van der Waals surface area contributed by atoms with Crippen molar-refractivity contribution in [2.45, 2.75) is 39.5 Å². The first kappa shape index (κ1) is 17.5. The van der Waals surface area contributed by atoms with Gasteiger partial charge in [0.15, 0.2) is 0 Å². The highest BCUT2D eigenvalue weighted by Gasteiger charge is 2.54. The lowest BCUT2D eigenvalue weighted by Crippen LogP contribution is -2.36. The van der Waals surface area contributed by atoms with Crippen LogP contribution in [0.1, 0.15) is 38.3 Å². The van der Waals surface area contributed by atoms with Gasteiger partial charge in [0.25, 0.3) is 0 Å². The lowest BCUT2D eigenvalue weighted by Gasteiger charge is -2.32. The van der Waals surface area contributed by atoms with Crippen molar-refractivity contribution < 1.29 is 0 Å². The molecule has 4 rings (SSSR count).